The standard InChI is InChI=1S/C30H36N4O5S.ClH/c1-30(2,31)29(36)32-27(20-39-19-21-9-5-4-6-10-21)28(35)34-16-15-22-17-23(13-14-24(22)18-34)25-11-7-8-12-26(25)33-40(3,37)38;/h4-14,17,27,33H,15-16,18-20,31H2,1-3H3,(H,32,36);1H/t27-;/m1./s1. The molecular formula is C30H37ClN4O5S. The largest absolute Gasteiger partial charge is 0.374 e. The molecule has 1 atom stereocenters. The number of nitrogens with zero attached hydrogens (tertiary/aromatic N) is 1. The lowest BCUT2D eigenvalue weighted by Gasteiger charge is -2.33. The monoisotopic (exact) mass is 600 g/mol. The third-order valence-electron chi connectivity index (χ3n) is 6.65. The van der Waals surface area contributed by atoms with Gasteiger partial charge in [0.05, 0.1) is 30.7 Å². The molecule has 0 spiro atoms. The van der Waals surface area contributed by atoms with E-state index >= 15 is 0 Å². The number of nitrogens with two attached hydrogens (primary N) is 1. The summed E-state index contributed by atoms with van der Waals surface area (Å²) in [7, 11) is -3.43. The van der Waals surface area contributed by atoms with Crippen molar-refractivity contribution in [2.24, 2.45) is 5.73 Å². The van der Waals surface area contributed by atoms with Gasteiger partial charge in [-0.3, -0.25) is 14.3 Å². The number of benzene rings is 3. The molecule has 220 valence electrons. The highest BCUT2D eigenvalue weighted by Gasteiger charge is 2.32. The molecule has 1 aliphatic rings. The zero-order valence-electron chi connectivity index (χ0n) is 23.4. The number of amides is 2. The van der Waals surface area contributed by atoms with Gasteiger partial charge in [0.25, 0.3) is 0 Å². The van der Waals surface area contributed by atoms with E-state index in [1.807, 2.05) is 60.7 Å². The molecule has 1 aliphatic heterocycles. The van der Waals surface area contributed by atoms with Gasteiger partial charge in [0.1, 0.15) is 6.04 Å². The van der Waals surface area contributed by atoms with Gasteiger partial charge in [-0.15, -0.1) is 12.4 Å². The Morgan fingerprint density at radius 3 is 2.39 bits per heavy atom. The number of ether oxygens (including phenoxy) is 1. The Morgan fingerprint density at radius 1 is 1.02 bits per heavy atom. The number of hydrogen-bond acceptors (Lipinski definition) is 6. The number of hydrogen-bond donors (Lipinski definition) is 3. The third kappa shape index (κ3) is 8.77. The van der Waals surface area contributed by atoms with Crippen LogP contribution in [0.25, 0.3) is 11.1 Å². The van der Waals surface area contributed by atoms with Crippen LogP contribution >= 0.6 is 12.4 Å². The molecule has 3 aromatic carbocycles. The lowest BCUT2D eigenvalue weighted by atomic mass is 9.93. The van der Waals surface area contributed by atoms with Crippen LogP contribution in [-0.2, 0) is 43.9 Å². The van der Waals surface area contributed by atoms with Gasteiger partial charge in [-0.2, -0.15) is 0 Å². The van der Waals surface area contributed by atoms with E-state index in [9.17, 15) is 18.0 Å². The van der Waals surface area contributed by atoms with Crippen molar-refractivity contribution in [3.63, 3.8) is 0 Å². The lowest BCUT2D eigenvalue weighted by molar-refractivity contribution is -0.140. The minimum atomic E-state index is -3.43. The number of carbonyl (C=O) groups excluding carboxylic acids is 2. The molecule has 3 aromatic rings. The summed E-state index contributed by atoms with van der Waals surface area (Å²) >= 11 is 0. The fourth-order valence-corrected chi connectivity index (χ4v) is 5.12. The molecule has 9 nitrogen and oxygen atoms in total. The molecule has 0 saturated heterocycles. The van der Waals surface area contributed by atoms with E-state index in [1.54, 1.807) is 30.9 Å². The zero-order chi connectivity index (χ0) is 28.9. The molecule has 0 radical (unpaired) electrons. The molecular weight excluding hydrogens is 564 g/mol. The van der Waals surface area contributed by atoms with E-state index in [0.717, 1.165) is 34.1 Å². The van der Waals surface area contributed by atoms with Gasteiger partial charge in [-0.1, -0.05) is 66.7 Å². The summed E-state index contributed by atoms with van der Waals surface area (Å²) in [4.78, 5) is 28.0. The lowest BCUT2D eigenvalue weighted by Crippen LogP contribution is -2.58. The maximum absolute atomic E-state index is 13.6. The molecule has 0 unspecified atom stereocenters. The van der Waals surface area contributed by atoms with E-state index in [4.69, 9.17) is 10.5 Å². The minimum absolute atomic E-state index is 0. The van der Waals surface area contributed by atoms with Crippen molar-refractivity contribution in [1.82, 2.24) is 10.2 Å². The number of anilines is 1. The number of halogens is 1. The van der Waals surface area contributed by atoms with E-state index in [0.29, 0.717) is 31.8 Å². The maximum Gasteiger partial charge on any atom is 0.247 e. The van der Waals surface area contributed by atoms with Crippen LogP contribution in [0.5, 0.6) is 0 Å². The van der Waals surface area contributed by atoms with Gasteiger partial charge in [0.2, 0.25) is 21.8 Å². The molecule has 0 bridgehead atoms. The van der Waals surface area contributed by atoms with Crippen molar-refractivity contribution < 1.29 is 22.7 Å². The van der Waals surface area contributed by atoms with E-state index in [2.05, 4.69) is 10.0 Å². The van der Waals surface area contributed by atoms with E-state index < -0.39 is 27.5 Å². The fraction of sp³-hybridized carbons (Fsp3) is 0.333. The number of sulfonamides is 1. The first kappa shape index (κ1) is 32.1. The molecule has 4 N–H and O–H groups in total. The molecule has 41 heavy (non-hydrogen) atoms. The van der Waals surface area contributed by atoms with Gasteiger partial charge in [-0.05, 0) is 48.6 Å². The second kappa shape index (κ2) is 13.5. The van der Waals surface area contributed by atoms with Crippen molar-refractivity contribution in [3.8, 4) is 11.1 Å². The topological polar surface area (TPSA) is 131 Å². The summed E-state index contributed by atoms with van der Waals surface area (Å²) in [6, 6.07) is 21.9. The van der Waals surface area contributed by atoms with Crippen molar-refractivity contribution in [2.75, 3.05) is 24.1 Å². The van der Waals surface area contributed by atoms with Crippen molar-refractivity contribution in [3.05, 3.63) is 89.5 Å². The van der Waals surface area contributed by atoms with Crippen molar-refractivity contribution >= 4 is 39.9 Å². The molecule has 0 saturated carbocycles. The van der Waals surface area contributed by atoms with Gasteiger partial charge in [0.15, 0.2) is 0 Å². The number of rotatable bonds is 10. The highest BCUT2D eigenvalue weighted by atomic mass is 35.5. The summed E-state index contributed by atoms with van der Waals surface area (Å²) < 4.78 is 32.1. The third-order valence-corrected chi connectivity index (χ3v) is 7.24. The minimum Gasteiger partial charge on any atom is -0.374 e. The first-order valence-corrected chi connectivity index (χ1v) is 15.0. The number of fused-ring (bicyclic) bond motifs is 1. The van der Waals surface area contributed by atoms with Crippen LogP contribution in [0, 0.1) is 0 Å². The number of para-hydroxylation sites is 1. The molecule has 0 aliphatic carbocycles. The molecule has 11 heteroatoms. The van der Waals surface area contributed by atoms with Crippen LogP contribution in [0.15, 0.2) is 72.8 Å². The predicted octanol–water partition coefficient (Wildman–Crippen LogP) is 3.47. The van der Waals surface area contributed by atoms with Gasteiger partial charge in [-0.25, -0.2) is 8.42 Å². The Morgan fingerprint density at radius 2 is 1.71 bits per heavy atom. The van der Waals surface area contributed by atoms with Crippen LogP contribution in [0.1, 0.15) is 30.5 Å². The molecule has 2 amide bonds. The maximum atomic E-state index is 13.6. The summed E-state index contributed by atoms with van der Waals surface area (Å²) in [5, 5.41) is 2.78. The SMILES string of the molecule is CC(C)(N)C(=O)N[C@H](COCc1ccccc1)C(=O)N1CCc2cc(-c3ccccc3NS(C)(=O)=O)ccc2C1.Cl. The van der Waals surface area contributed by atoms with Crippen LogP contribution in [0.3, 0.4) is 0 Å². The quantitative estimate of drug-likeness (QED) is 0.327. The zero-order valence-corrected chi connectivity index (χ0v) is 25.1. The molecule has 1 heterocycles. The molecule has 0 aromatic heterocycles. The Kier molecular flexibility index (Phi) is 10.5. The summed E-state index contributed by atoms with van der Waals surface area (Å²) in [5.41, 5.74) is 10.0. The fourth-order valence-electron chi connectivity index (χ4n) is 4.54. The Labute approximate surface area is 247 Å². The van der Waals surface area contributed by atoms with E-state index in [-0.39, 0.29) is 24.9 Å². The number of nitrogens with one attached hydrogen (secondary N) is 2. The van der Waals surface area contributed by atoms with Gasteiger partial charge in [0, 0.05) is 18.7 Å². The van der Waals surface area contributed by atoms with Crippen LogP contribution in [0.2, 0.25) is 0 Å². The molecule has 0 fully saturated rings. The average Bonchev–Trinajstić information content (AvgIpc) is 2.91. The smallest absolute Gasteiger partial charge is 0.247 e. The number of carbonyl (C=O) groups is 2. The first-order chi connectivity index (χ1) is 18.9. The Balaban J connectivity index is 0.00000462. The highest BCUT2D eigenvalue weighted by Crippen LogP contribution is 2.32. The van der Waals surface area contributed by atoms with Crippen molar-refractivity contribution in [1.29, 1.82) is 0 Å². The predicted molar refractivity (Wildman–Crippen MR) is 163 cm³/mol. The van der Waals surface area contributed by atoms with Crippen molar-refractivity contribution in [2.45, 2.75) is 45.0 Å². The Bertz CT molecular complexity index is 1480. The van der Waals surface area contributed by atoms with Crippen LogP contribution in [-0.4, -0.2) is 56.1 Å². The average molecular weight is 601 g/mol. The second-order valence-corrected chi connectivity index (χ2v) is 12.4. The second-order valence-electron chi connectivity index (χ2n) is 10.7. The Hall–Kier alpha value is -3.44. The molecule has 4 rings (SSSR count). The van der Waals surface area contributed by atoms with Crippen LogP contribution in [0.4, 0.5) is 5.69 Å². The first-order valence-electron chi connectivity index (χ1n) is 13.1. The van der Waals surface area contributed by atoms with Gasteiger partial charge < -0.3 is 20.7 Å². The summed E-state index contributed by atoms with van der Waals surface area (Å²) in [6.07, 6.45) is 1.74. The van der Waals surface area contributed by atoms with E-state index in [1.165, 1.54) is 0 Å². The highest BCUT2D eigenvalue weighted by molar-refractivity contribution is 7.92. The normalized spacial score (nSPS) is 13.9. The summed E-state index contributed by atoms with van der Waals surface area (Å²) in [6.45, 7) is 4.36. The van der Waals surface area contributed by atoms with Gasteiger partial charge >= 0.3 is 0 Å². The summed E-state index contributed by atoms with van der Waals surface area (Å²) in [5.74, 6) is -0.666. The van der Waals surface area contributed by atoms with Crippen LogP contribution < -0.4 is 15.8 Å².